The lowest BCUT2D eigenvalue weighted by Crippen LogP contribution is -2.27. The highest BCUT2D eigenvalue weighted by atomic mass is 32.2. The number of carbonyl (C=O) groups is 1. The number of imidazole rings is 1. The zero-order valence-corrected chi connectivity index (χ0v) is 21.1. The lowest BCUT2D eigenvalue weighted by molar-refractivity contribution is -0.0328. The Kier molecular flexibility index (Phi) is 7.28. The van der Waals surface area contributed by atoms with Crippen molar-refractivity contribution in [3.05, 3.63) is 96.8 Å². The van der Waals surface area contributed by atoms with Gasteiger partial charge in [-0.1, -0.05) is 18.2 Å². The van der Waals surface area contributed by atoms with Gasteiger partial charge in [0.05, 0.1) is 11.0 Å². The van der Waals surface area contributed by atoms with Crippen LogP contribution in [0.25, 0.3) is 11.0 Å². The van der Waals surface area contributed by atoms with Crippen molar-refractivity contribution >= 4 is 40.3 Å². The van der Waals surface area contributed by atoms with Crippen LogP contribution in [0.15, 0.2) is 96.0 Å². The van der Waals surface area contributed by atoms with Gasteiger partial charge in [-0.15, -0.1) is 0 Å². The van der Waals surface area contributed by atoms with E-state index in [1.807, 2.05) is 23.7 Å². The van der Waals surface area contributed by atoms with Crippen LogP contribution in [0.1, 0.15) is 10.5 Å². The molecule has 0 unspecified atom stereocenters. The van der Waals surface area contributed by atoms with E-state index in [-0.39, 0.29) is 22.4 Å². The summed E-state index contributed by atoms with van der Waals surface area (Å²) in [7, 11) is 1.82. The van der Waals surface area contributed by atoms with Gasteiger partial charge in [0.2, 0.25) is 5.95 Å². The number of rotatable bonds is 8. The Balaban J connectivity index is 1.27. The zero-order chi connectivity index (χ0) is 27.4. The van der Waals surface area contributed by atoms with E-state index in [0.29, 0.717) is 34.4 Å². The topological polar surface area (TPSA) is 90.3 Å². The third kappa shape index (κ3) is 6.60. The summed E-state index contributed by atoms with van der Waals surface area (Å²) < 4.78 is 45.5. The molecule has 5 rings (SSSR count). The molecule has 0 fully saturated rings. The summed E-state index contributed by atoms with van der Waals surface area (Å²) in [4.78, 5) is 26.5. The Labute approximate surface area is 224 Å². The number of nitrogens with zero attached hydrogens (tertiary/aromatic N) is 3. The summed E-state index contributed by atoms with van der Waals surface area (Å²) in [5, 5.41) is 3.12. The quantitative estimate of drug-likeness (QED) is 0.161. The van der Waals surface area contributed by atoms with Crippen molar-refractivity contribution in [1.29, 1.82) is 0 Å². The Morgan fingerprint density at radius 1 is 0.923 bits per heavy atom. The van der Waals surface area contributed by atoms with E-state index in [0.717, 1.165) is 5.52 Å². The molecule has 12 heteroatoms. The monoisotopic (exact) mass is 551 g/mol. The fraction of sp³-hybridized carbons (Fsp3) is 0.0741. The summed E-state index contributed by atoms with van der Waals surface area (Å²) >= 11 is -0.166. The van der Waals surface area contributed by atoms with Crippen LogP contribution in [0, 0.1) is 0 Å². The van der Waals surface area contributed by atoms with Gasteiger partial charge in [0, 0.05) is 36.0 Å². The summed E-state index contributed by atoms with van der Waals surface area (Å²) in [6, 6.07) is 23.1. The van der Waals surface area contributed by atoms with Crippen LogP contribution >= 0.6 is 11.8 Å². The van der Waals surface area contributed by atoms with E-state index in [9.17, 15) is 18.0 Å². The van der Waals surface area contributed by atoms with E-state index in [4.69, 9.17) is 9.57 Å². The van der Waals surface area contributed by atoms with Crippen LogP contribution in [-0.4, -0.2) is 26.0 Å². The van der Waals surface area contributed by atoms with Crippen LogP contribution in [0.5, 0.6) is 17.2 Å². The highest BCUT2D eigenvalue weighted by Crippen LogP contribution is 2.37. The predicted molar refractivity (Wildman–Crippen MR) is 141 cm³/mol. The number of hydrogen-bond acceptors (Lipinski definition) is 7. The van der Waals surface area contributed by atoms with Gasteiger partial charge in [0.15, 0.2) is 5.75 Å². The molecule has 2 N–H and O–H groups in total. The molecule has 8 nitrogen and oxygen atoms in total. The van der Waals surface area contributed by atoms with E-state index >= 15 is 0 Å². The molecule has 0 saturated heterocycles. The molecule has 39 heavy (non-hydrogen) atoms. The minimum Gasteiger partial charge on any atom is -0.457 e. The molecule has 0 aliphatic rings. The second-order valence-corrected chi connectivity index (χ2v) is 9.31. The molecule has 0 bridgehead atoms. The molecule has 0 spiro atoms. The van der Waals surface area contributed by atoms with Crippen LogP contribution in [0.2, 0.25) is 0 Å². The van der Waals surface area contributed by atoms with Crippen LogP contribution in [-0.2, 0) is 7.05 Å². The van der Waals surface area contributed by atoms with Gasteiger partial charge in [0.1, 0.15) is 17.2 Å². The molecule has 5 aromatic rings. The fourth-order valence-corrected chi connectivity index (χ4v) is 4.14. The zero-order valence-electron chi connectivity index (χ0n) is 20.3. The lowest BCUT2D eigenvalue weighted by Gasteiger charge is -2.09. The Morgan fingerprint density at radius 2 is 1.67 bits per heavy atom. The largest absolute Gasteiger partial charge is 0.457 e. The standard InChI is InChI=1S/C27H20F3N5O3S/c1-35-24-12-9-19(15-22(24)33-26(35)32-17-7-10-21(11-8-17)39-27(28,29)30)37-20-13-14-31-23(16-20)25(36)34-38-18-5-3-2-4-6-18/h2-16H,1H3,(H,32,33)(H,34,36). The number of hydroxylamine groups is 1. The molecule has 198 valence electrons. The molecule has 2 aromatic heterocycles. The summed E-state index contributed by atoms with van der Waals surface area (Å²) in [5.74, 6) is 1.32. The van der Waals surface area contributed by atoms with Gasteiger partial charge >= 0.3 is 11.4 Å². The Morgan fingerprint density at radius 3 is 2.41 bits per heavy atom. The first-order valence-electron chi connectivity index (χ1n) is 11.5. The van der Waals surface area contributed by atoms with Crippen molar-refractivity contribution in [1.82, 2.24) is 20.0 Å². The Bertz CT molecular complexity index is 1610. The maximum atomic E-state index is 12.6. The number of carbonyl (C=O) groups excluding carboxylic acids is 1. The van der Waals surface area contributed by atoms with Gasteiger partial charge in [0.25, 0.3) is 0 Å². The minimum absolute atomic E-state index is 0.0975. The van der Waals surface area contributed by atoms with E-state index in [1.165, 1.54) is 24.4 Å². The molecule has 0 atom stereocenters. The second kappa shape index (κ2) is 11.0. The lowest BCUT2D eigenvalue weighted by atomic mass is 10.3. The number of alkyl halides is 3. The van der Waals surface area contributed by atoms with Gasteiger partial charge < -0.3 is 19.5 Å². The number of nitrogens with one attached hydrogen (secondary N) is 2. The van der Waals surface area contributed by atoms with Gasteiger partial charge in [-0.25, -0.2) is 4.98 Å². The first-order valence-corrected chi connectivity index (χ1v) is 12.3. The SMILES string of the molecule is Cn1c(Nc2ccc(SC(F)(F)F)cc2)nc2cc(Oc3ccnc(C(=O)NOc4ccccc4)c3)ccc21. The van der Waals surface area contributed by atoms with Crippen LogP contribution < -0.4 is 20.4 Å². The predicted octanol–water partition coefficient (Wildman–Crippen LogP) is 6.84. The van der Waals surface area contributed by atoms with Crippen molar-refractivity contribution in [2.24, 2.45) is 7.05 Å². The van der Waals surface area contributed by atoms with Gasteiger partial charge in [-0.05, 0) is 66.4 Å². The number of hydrogen-bond donors (Lipinski definition) is 2. The van der Waals surface area contributed by atoms with Crippen molar-refractivity contribution in [3.63, 3.8) is 0 Å². The summed E-state index contributed by atoms with van der Waals surface area (Å²) in [6.45, 7) is 0. The van der Waals surface area contributed by atoms with Gasteiger partial charge in [-0.3, -0.25) is 9.78 Å². The van der Waals surface area contributed by atoms with Crippen molar-refractivity contribution in [2.45, 2.75) is 10.4 Å². The second-order valence-electron chi connectivity index (χ2n) is 8.17. The van der Waals surface area contributed by atoms with E-state index < -0.39 is 11.4 Å². The van der Waals surface area contributed by atoms with Crippen LogP contribution in [0.4, 0.5) is 24.8 Å². The average Bonchev–Trinajstić information content (AvgIpc) is 3.22. The molecule has 0 aliphatic carbocycles. The minimum atomic E-state index is -4.34. The number of aromatic nitrogens is 3. The van der Waals surface area contributed by atoms with E-state index in [2.05, 4.69) is 20.8 Å². The number of anilines is 2. The number of pyridine rings is 1. The molecular formula is C27H20F3N5O3S. The third-order valence-electron chi connectivity index (χ3n) is 5.40. The number of fused-ring (bicyclic) bond motifs is 1. The first kappa shape index (κ1) is 25.9. The van der Waals surface area contributed by atoms with Crippen molar-refractivity contribution in [2.75, 3.05) is 5.32 Å². The Hall–Kier alpha value is -4.71. The normalized spacial score (nSPS) is 11.3. The molecule has 0 aliphatic heterocycles. The van der Waals surface area contributed by atoms with E-state index in [1.54, 1.807) is 54.6 Å². The molecular weight excluding hydrogens is 531 g/mol. The molecule has 0 radical (unpaired) electrons. The molecule has 2 heterocycles. The molecule has 3 aromatic carbocycles. The fourth-order valence-electron chi connectivity index (χ4n) is 3.60. The number of benzene rings is 3. The van der Waals surface area contributed by atoms with Crippen LogP contribution in [0.3, 0.4) is 0 Å². The molecule has 1 amide bonds. The number of halogens is 3. The maximum Gasteiger partial charge on any atom is 0.446 e. The van der Waals surface area contributed by atoms with Gasteiger partial charge in [-0.2, -0.15) is 18.7 Å². The highest BCUT2D eigenvalue weighted by Gasteiger charge is 2.29. The number of amides is 1. The molecule has 0 saturated carbocycles. The maximum absolute atomic E-state index is 12.6. The summed E-state index contributed by atoms with van der Waals surface area (Å²) in [5.41, 5.74) is 0.139. The smallest absolute Gasteiger partial charge is 0.446 e. The van der Waals surface area contributed by atoms with Crippen molar-refractivity contribution < 1.29 is 27.5 Å². The number of para-hydroxylation sites is 1. The highest BCUT2D eigenvalue weighted by molar-refractivity contribution is 8.00. The number of thioether (sulfide) groups is 1. The number of ether oxygens (including phenoxy) is 1. The summed E-state index contributed by atoms with van der Waals surface area (Å²) in [6.07, 6.45) is 1.45. The average molecular weight is 552 g/mol. The first-order chi connectivity index (χ1) is 18.7. The van der Waals surface area contributed by atoms with Crippen molar-refractivity contribution in [3.8, 4) is 17.2 Å². The number of aryl methyl sites for hydroxylation is 1. The third-order valence-corrected chi connectivity index (χ3v) is 6.14.